The molecular formula is C13H15FN2O4. The van der Waals surface area contributed by atoms with E-state index in [-0.39, 0.29) is 17.7 Å². The van der Waals surface area contributed by atoms with Gasteiger partial charge in [-0.05, 0) is 25.5 Å². The van der Waals surface area contributed by atoms with Crippen LogP contribution < -0.4 is 0 Å². The molecule has 0 radical (unpaired) electrons. The molecule has 0 N–H and O–H groups in total. The summed E-state index contributed by atoms with van der Waals surface area (Å²) in [5, 5.41) is 10.9. The van der Waals surface area contributed by atoms with Gasteiger partial charge < -0.3 is 9.64 Å². The normalized spacial score (nSPS) is 21.8. The Hall–Kier alpha value is -2.02. The molecule has 1 fully saturated rings. The predicted octanol–water partition coefficient (Wildman–Crippen LogP) is 1.98. The highest BCUT2D eigenvalue weighted by Crippen LogP contribution is 2.25. The fourth-order valence-electron chi connectivity index (χ4n) is 2.41. The summed E-state index contributed by atoms with van der Waals surface area (Å²) < 4.78 is 18.6. The van der Waals surface area contributed by atoms with E-state index in [4.69, 9.17) is 4.74 Å². The van der Waals surface area contributed by atoms with Gasteiger partial charge in [0, 0.05) is 19.7 Å². The Morgan fingerprint density at radius 2 is 2.25 bits per heavy atom. The summed E-state index contributed by atoms with van der Waals surface area (Å²) >= 11 is 0. The van der Waals surface area contributed by atoms with Crippen molar-refractivity contribution in [2.45, 2.75) is 25.5 Å². The van der Waals surface area contributed by atoms with E-state index < -0.39 is 22.3 Å². The van der Waals surface area contributed by atoms with Gasteiger partial charge in [0.25, 0.3) is 11.6 Å². The van der Waals surface area contributed by atoms with Crippen molar-refractivity contribution in [3.05, 3.63) is 39.7 Å². The molecule has 0 aromatic heterocycles. The number of amides is 1. The largest absolute Gasteiger partial charge is 0.376 e. The quantitative estimate of drug-likeness (QED) is 0.627. The van der Waals surface area contributed by atoms with Crippen LogP contribution in [0.25, 0.3) is 0 Å². The fraction of sp³-hybridized carbons (Fsp3) is 0.462. The maximum atomic E-state index is 13.3. The van der Waals surface area contributed by atoms with Crippen LogP contribution in [0.1, 0.15) is 23.7 Å². The maximum absolute atomic E-state index is 13.3. The molecule has 1 heterocycles. The van der Waals surface area contributed by atoms with Crippen LogP contribution in [0, 0.1) is 15.9 Å². The Morgan fingerprint density at radius 3 is 2.80 bits per heavy atom. The average Bonchev–Trinajstić information content (AvgIpc) is 2.82. The lowest BCUT2D eigenvalue weighted by Crippen LogP contribution is -2.41. The van der Waals surface area contributed by atoms with Gasteiger partial charge in [-0.2, -0.15) is 0 Å². The van der Waals surface area contributed by atoms with Crippen LogP contribution in [-0.2, 0) is 4.74 Å². The van der Waals surface area contributed by atoms with Gasteiger partial charge in [-0.3, -0.25) is 14.9 Å². The van der Waals surface area contributed by atoms with Crippen molar-refractivity contribution in [3.63, 3.8) is 0 Å². The van der Waals surface area contributed by atoms with Crippen molar-refractivity contribution >= 4 is 11.6 Å². The van der Waals surface area contributed by atoms with Crippen LogP contribution in [-0.4, -0.2) is 41.5 Å². The van der Waals surface area contributed by atoms with E-state index in [0.717, 1.165) is 18.2 Å². The van der Waals surface area contributed by atoms with E-state index in [2.05, 4.69) is 0 Å². The summed E-state index contributed by atoms with van der Waals surface area (Å²) in [4.78, 5) is 24.0. The number of nitrogens with zero attached hydrogens (tertiary/aromatic N) is 2. The second kappa shape index (κ2) is 5.54. The smallest absolute Gasteiger partial charge is 0.282 e. The average molecular weight is 282 g/mol. The number of nitro groups is 1. The number of hydrogen-bond acceptors (Lipinski definition) is 4. The van der Waals surface area contributed by atoms with E-state index in [9.17, 15) is 19.3 Å². The lowest BCUT2D eigenvalue weighted by Gasteiger charge is -2.26. The molecule has 1 saturated heterocycles. The third-order valence-corrected chi connectivity index (χ3v) is 3.54. The number of hydrogen-bond donors (Lipinski definition) is 0. The fourth-order valence-corrected chi connectivity index (χ4v) is 2.41. The Morgan fingerprint density at radius 1 is 1.55 bits per heavy atom. The Bertz CT molecular complexity index is 549. The molecule has 0 bridgehead atoms. The molecule has 1 aromatic carbocycles. The van der Waals surface area contributed by atoms with Gasteiger partial charge >= 0.3 is 0 Å². The highest BCUT2D eigenvalue weighted by atomic mass is 19.1. The molecule has 7 heteroatoms. The highest BCUT2D eigenvalue weighted by molar-refractivity contribution is 5.98. The third kappa shape index (κ3) is 2.62. The number of rotatable bonds is 3. The van der Waals surface area contributed by atoms with Crippen LogP contribution in [0.3, 0.4) is 0 Å². The first-order valence-electron chi connectivity index (χ1n) is 6.24. The van der Waals surface area contributed by atoms with Gasteiger partial charge in [-0.1, -0.05) is 0 Å². The van der Waals surface area contributed by atoms with E-state index in [1.807, 2.05) is 6.92 Å². The zero-order chi connectivity index (χ0) is 14.9. The van der Waals surface area contributed by atoms with Crippen molar-refractivity contribution in [1.82, 2.24) is 4.90 Å². The second-order valence-corrected chi connectivity index (χ2v) is 4.77. The summed E-state index contributed by atoms with van der Waals surface area (Å²) in [6, 6.07) is 2.71. The Labute approximate surface area is 115 Å². The number of carbonyl (C=O) groups excluding carboxylic acids is 1. The van der Waals surface area contributed by atoms with E-state index >= 15 is 0 Å². The topological polar surface area (TPSA) is 72.7 Å². The molecule has 0 spiro atoms. The van der Waals surface area contributed by atoms with Gasteiger partial charge in [-0.25, -0.2) is 4.39 Å². The van der Waals surface area contributed by atoms with Gasteiger partial charge in [0.1, 0.15) is 11.4 Å². The number of ether oxygens (including phenoxy) is 1. The third-order valence-electron chi connectivity index (χ3n) is 3.54. The van der Waals surface area contributed by atoms with Crippen molar-refractivity contribution in [1.29, 1.82) is 0 Å². The predicted molar refractivity (Wildman–Crippen MR) is 69.0 cm³/mol. The second-order valence-electron chi connectivity index (χ2n) is 4.77. The minimum absolute atomic E-state index is 0.142. The van der Waals surface area contributed by atoms with Crippen LogP contribution in [0.2, 0.25) is 0 Å². The van der Waals surface area contributed by atoms with Crippen molar-refractivity contribution < 1.29 is 18.8 Å². The Balaban J connectivity index is 2.33. The van der Waals surface area contributed by atoms with Crippen molar-refractivity contribution in [2.75, 3.05) is 13.7 Å². The minimum Gasteiger partial charge on any atom is -0.376 e. The molecule has 2 atom stereocenters. The molecule has 108 valence electrons. The summed E-state index contributed by atoms with van der Waals surface area (Å²) in [5.41, 5.74) is -0.633. The molecule has 0 saturated carbocycles. The molecule has 0 aliphatic carbocycles. The lowest BCUT2D eigenvalue weighted by atomic mass is 10.1. The summed E-state index contributed by atoms with van der Waals surface area (Å²) in [6.07, 6.45) is 0.517. The summed E-state index contributed by atoms with van der Waals surface area (Å²) in [6.45, 7) is 2.37. The molecular weight excluding hydrogens is 267 g/mol. The first-order valence-corrected chi connectivity index (χ1v) is 6.24. The molecule has 2 rings (SSSR count). The Kier molecular flexibility index (Phi) is 3.99. The maximum Gasteiger partial charge on any atom is 0.282 e. The molecule has 20 heavy (non-hydrogen) atoms. The molecule has 1 aromatic rings. The van der Waals surface area contributed by atoms with Crippen LogP contribution >= 0.6 is 0 Å². The monoisotopic (exact) mass is 282 g/mol. The highest BCUT2D eigenvalue weighted by Gasteiger charge is 2.33. The molecule has 1 aliphatic rings. The van der Waals surface area contributed by atoms with Gasteiger partial charge in [0.05, 0.1) is 17.1 Å². The molecule has 1 aliphatic heterocycles. The van der Waals surface area contributed by atoms with Crippen LogP contribution in [0.5, 0.6) is 0 Å². The minimum atomic E-state index is -0.685. The van der Waals surface area contributed by atoms with E-state index in [1.54, 1.807) is 7.05 Å². The van der Waals surface area contributed by atoms with E-state index in [1.165, 1.54) is 4.90 Å². The molecule has 2 unspecified atom stereocenters. The first kappa shape index (κ1) is 14.4. The van der Waals surface area contributed by atoms with Gasteiger partial charge in [-0.15, -0.1) is 0 Å². The van der Waals surface area contributed by atoms with Crippen molar-refractivity contribution in [2.24, 2.45) is 0 Å². The lowest BCUT2D eigenvalue weighted by molar-refractivity contribution is -0.385. The zero-order valence-corrected chi connectivity index (χ0v) is 11.2. The van der Waals surface area contributed by atoms with E-state index in [0.29, 0.717) is 13.0 Å². The number of nitro benzene ring substituents is 1. The van der Waals surface area contributed by atoms with Gasteiger partial charge in [0.15, 0.2) is 0 Å². The summed E-state index contributed by atoms with van der Waals surface area (Å²) in [7, 11) is 1.55. The molecule has 6 nitrogen and oxygen atoms in total. The number of halogens is 1. The number of likely N-dealkylation sites (N-methyl/N-ethyl adjacent to an activating group) is 1. The van der Waals surface area contributed by atoms with Crippen LogP contribution in [0.4, 0.5) is 10.1 Å². The number of benzene rings is 1. The zero-order valence-electron chi connectivity index (χ0n) is 11.2. The first-order chi connectivity index (χ1) is 9.41. The standard InChI is InChI=1S/C13H15FN2O4/c1-8-11(5-6-20-8)15(2)13(17)10-7-9(14)3-4-12(10)16(18)19/h3-4,7-8,11H,5-6H2,1-2H3. The SMILES string of the molecule is CC1OCCC1N(C)C(=O)c1cc(F)ccc1[N+](=O)[O-]. The van der Waals surface area contributed by atoms with Crippen molar-refractivity contribution in [3.8, 4) is 0 Å². The summed E-state index contributed by atoms with van der Waals surface area (Å²) in [5.74, 6) is -1.25. The van der Waals surface area contributed by atoms with Gasteiger partial charge in [0.2, 0.25) is 0 Å². The molecule has 1 amide bonds. The number of carbonyl (C=O) groups is 1. The van der Waals surface area contributed by atoms with Crippen LogP contribution in [0.15, 0.2) is 18.2 Å².